The Morgan fingerprint density at radius 3 is 2.50 bits per heavy atom. The Morgan fingerprint density at radius 2 is 1.77 bits per heavy atom. The smallest absolute Gasteiger partial charge is 0.336 e. The minimum absolute atomic E-state index is 0.00438. The SMILES string of the molecule is CCC[C@@H](CC(=O)c1ccc(-c2c(Cl)cccc2-c2nc3ccc(OC)cc3[nH]2)c(C(=O)O)c1)c1ccccc1. The molecule has 0 amide bonds. The summed E-state index contributed by atoms with van der Waals surface area (Å²) in [6.07, 6.45) is 2.11. The first kappa shape index (κ1) is 27.2. The van der Waals surface area contributed by atoms with Crippen LogP contribution in [0.2, 0.25) is 5.02 Å². The maximum absolute atomic E-state index is 13.4. The van der Waals surface area contributed by atoms with Crippen molar-refractivity contribution >= 4 is 34.4 Å². The summed E-state index contributed by atoms with van der Waals surface area (Å²) < 4.78 is 5.32. The van der Waals surface area contributed by atoms with Crippen molar-refractivity contribution in [2.24, 2.45) is 0 Å². The van der Waals surface area contributed by atoms with Gasteiger partial charge in [0.05, 0.1) is 23.7 Å². The number of aromatic nitrogens is 2. The lowest BCUT2D eigenvalue weighted by Crippen LogP contribution is -2.10. The molecule has 0 saturated heterocycles. The number of hydrogen-bond acceptors (Lipinski definition) is 4. The monoisotopic (exact) mass is 552 g/mol. The molecule has 5 aromatic rings. The van der Waals surface area contributed by atoms with E-state index in [0.717, 1.165) is 29.4 Å². The van der Waals surface area contributed by atoms with Crippen LogP contribution in [0, 0.1) is 0 Å². The van der Waals surface area contributed by atoms with Crippen molar-refractivity contribution < 1.29 is 19.4 Å². The Hall–Kier alpha value is -4.42. The molecule has 40 heavy (non-hydrogen) atoms. The van der Waals surface area contributed by atoms with Crippen molar-refractivity contribution in [3.63, 3.8) is 0 Å². The number of carboxylic acid groups (broad SMARTS) is 1. The third-order valence-corrected chi connectivity index (χ3v) is 7.45. The molecule has 0 radical (unpaired) electrons. The minimum atomic E-state index is -1.14. The lowest BCUT2D eigenvalue weighted by atomic mass is 9.87. The molecule has 7 heteroatoms. The molecule has 0 bridgehead atoms. The summed E-state index contributed by atoms with van der Waals surface area (Å²) in [4.78, 5) is 33.9. The quantitative estimate of drug-likeness (QED) is 0.170. The Morgan fingerprint density at radius 1 is 0.975 bits per heavy atom. The average Bonchev–Trinajstić information content (AvgIpc) is 3.40. The Labute approximate surface area is 237 Å². The van der Waals surface area contributed by atoms with Crippen molar-refractivity contribution in [3.05, 3.63) is 107 Å². The summed E-state index contributed by atoms with van der Waals surface area (Å²) in [5, 5.41) is 10.6. The first-order valence-electron chi connectivity index (χ1n) is 13.2. The highest BCUT2D eigenvalue weighted by Crippen LogP contribution is 2.39. The van der Waals surface area contributed by atoms with Crippen molar-refractivity contribution in [1.29, 1.82) is 0 Å². The van der Waals surface area contributed by atoms with Crippen LogP contribution in [-0.2, 0) is 0 Å². The number of aromatic carboxylic acids is 1. The Kier molecular flexibility index (Phi) is 7.99. The van der Waals surface area contributed by atoms with Crippen molar-refractivity contribution in [2.45, 2.75) is 32.1 Å². The molecule has 0 unspecified atom stereocenters. The standard InChI is InChI=1S/C33H29ClN2O4/c1-3-8-21(20-9-5-4-6-10-20)18-30(37)22-13-15-24(26(17-22)33(38)39)31-25(11-7-12-27(31)34)32-35-28-16-14-23(40-2)19-29(28)36-32/h4-7,9-17,19,21H,3,8,18H2,1-2H3,(H,35,36)(H,38,39)/t21-/m0/s1. The number of hydrogen-bond donors (Lipinski definition) is 2. The van der Waals surface area contributed by atoms with Crippen LogP contribution in [0.25, 0.3) is 33.5 Å². The van der Waals surface area contributed by atoms with Crippen LogP contribution < -0.4 is 4.74 Å². The van der Waals surface area contributed by atoms with E-state index in [4.69, 9.17) is 21.3 Å². The molecular formula is C33H29ClN2O4. The highest BCUT2D eigenvalue weighted by atomic mass is 35.5. The highest BCUT2D eigenvalue weighted by molar-refractivity contribution is 6.34. The fourth-order valence-electron chi connectivity index (χ4n) is 5.15. The molecule has 0 saturated carbocycles. The van der Waals surface area contributed by atoms with Gasteiger partial charge in [-0.3, -0.25) is 4.79 Å². The van der Waals surface area contributed by atoms with Gasteiger partial charge in [-0.2, -0.15) is 0 Å². The van der Waals surface area contributed by atoms with Gasteiger partial charge in [-0.15, -0.1) is 0 Å². The van der Waals surface area contributed by atoms with Crippen LogP contribution in [0.5, 0.6) is 5.75 Å². The van der Waals surface area contributed by atoms with Crippen molar-refractivity contribution in [1.82, 2.24) is 9.97 Å². The first-order chi connectivity index (χ1) is 19.4. The number of H-pyrrole nitrogens is 1. The van der Waals surface area contributed by atoms with Gasteiger partial charge in [0, 0.05) is 34.2 Å². The van der Waals surface area contributed by atoms with Crippen molar-refractivity contribution in [3.8, 4) is 28.3 Å². The molecule has 5 rings (SSSR count). The summed E-state index contributed by atoms with van der Waals surface area (Å²) in [6.45, 7) is 2.09. The van der Waals surface area contributed by atoms with E-state index >= 15 is 0 Å². The summed E-state index contributed by atoms with van der Waals surface area (Å²) in [6, 6.07) is 25.7. The molecule has 0 fully saturated rings. The number of benzene rings is 4. The third kappa shape index (κ3) is 5.49. The van der Waals surface area contributed by atoms with Gasteiger partial charge >= 0.3 is 5.97 Å². The number of rotatable bonds is 10. The maximum atomic E-state index is 13.4. The zero-order valence-electron chi connectivity index (χ0n) is 22.3. The van der Waals surface area contributed by atoms with E-state index in [1.54, 1.807) is 31.4 Å². The van der Waals surface area contributed by atoms with Gasteiger partial charge in [-0.05, 0) is 47.7 Å². The second-order valence-electron chi connectivity index (χ2n) is 9.72. The number of ether oxygens (including phenoxy) is 1. The van der Waals surface area contributed by atoms with Gasteiger partial charge in [0.25, 0.3) is 0 Å². The van der Waals surface area contributed by atoms with Crippen LogP contribution >= 0.6 is 11.6 Å². The zero-order valence-corrected chi connectivity index (χ0v) is 23.0. The van der Waals surface area contributed by atoms with E-state index < -0.39 is 5.97 Å². The molecule has 1 aromatic heterocycles. The van der Waals surface area contributed by atoms with Crippen LogP contribution in [0.3, 0.4) is 0 Å². The van der Waals surface area contributed by atoms with Crippen LogP contribution in [-0.4, -0.2) is 33.9 Å². The van der Waals surface area contributed by atoms with E-state index in [2.05, 4.69) is 11.9 Å². The van der Waals surface area contributed by atoms with E-state index in [9.17, 15) is 14.7 Å². The predicted octanol–water partition coefficient (Wildman–Crippen LogP) is 8.41. The van der Waals surface area contributed by atoms with Crippen LogP contribution in [0.1, 0.15) is 58.4 Å². The molecule has 4 aromatic carbocycles. The van der Waals surface area contributed by atoms with E-state index in [1.807, 2.05) is 54.6 Å². The predicted molar refractivity (Wildman–Crippen MR) is 159 cm³/mol. The molecule has 0 aliphatic carbocycles. The number of carboxylic acids is 1. The molecular weight excluding hydrogens is 524 g/mol. The summed E-state index contributed by atoms with van der Waals surface area (Å²) in [5.74, 6) is 0.0620. The molecule has 6 nitrogen and oxygen atoms in total. The van der Waals surface area contributed by atoms with Gasteiger partial charge in [-0.25, -0.2) is 9.78 Å². The van der Waals surface area contributed by atoms with E-state index in [0.29, 0.717) is 45.3 Å². The molecule has 2 N–H and O–H groups in total. The largest absolute Gasteiger partial charge is 0.497 e. The fourth-order valence-corrected chi connectivity index (χ4v) is 5.43. The second kappa shape index (κ2) is 11.8. The number of fused-ring (bicyclic) bond motifs is 1. The normalized spacial score (nSPS) is 11.9. The number of ketones is 1. The highest BCUT2D eigenvalue weighted by Gasteiger charge is 2.23. The van der Waals surface area contributed by atoms with Crippen LogP contribution in [0.15, 0.2) is 84.9 Å². The molecule has 0 spiro atoms. The lowest BCUT2D eigenvalue weighted by Gasteiger charge is -2.17. The van der Waals surface area contributed by atoms with E-state index in [1.165, 1.54) is 6.07 Å². The van der Waals surface area contributed by atoms with Crippen molar-refractivity contribution in [2.75, 3.05) is 7.11 Å². The molecule has 1 atom stereocenters. The van der Waals surface area contributed by atoms with Crippen LogP contribution in [0.4, 0.5) is 0 Å². The van der Waals surface area contributed by atoms with Gasteiger partial charge in [-0.1, -0.05) is 79.5 Å². The van der Waals surface area contributed by atoms with E-state index in [-0.39, 0.29) is 17.3 Å². The number of Topliss-reactive ketones (excluding diaryl/α,β-unsaturated/α-hetero) is 1. The number of imidazole rings is 1. The lowest BCUT2D eigenvalue weighted by molar-refractivity contribution is 0.0697. The minimum Gasteiger partial charge on any atom is -0.497 e. The summed E-state index contributed by atoms with van der Waals surface area (Å²) in [7, 11) is 1.60. The molecule has 1 heterocycles. The number of nitrogens with one attached hydrogen (secondary N) is 1. The fraction of sp³-hybridized carbons (Fsp3) is 0.182. The molecule has 0 aliphatic rings. The third-order valence-electron chi connectivity index (χ3n) is 7.14. The number of nitrogens with zero attached hydrogens (tertiary/aromatic N) is 1. The molecule has 202 valence electrons. The number of methoxy groups -OCH3 is 1. The Balaban J connectivity index is 1.55. The van der Waals surface area contributed by atoms with Gasteiger partial charge < -0.3 is 14.8 Å². The van der Waals surface area contributed by atoms with Gasteiger partial charge in [0.15, 0.2) is 5.78 Å². The average molecular weight is 553 g/mol. The number of halogens is 1. The topological polar surface area (TPSA) is 92.3 Å². The first-order valence-corrected chi connectivity index (χ1v) is 13.6. The van der Waals surface area contributed by atoms with Gasteiger partial charge in [0.2, 0.25) is 0 Å². The molecule has 0 aliphatic heterocycles. The Bertz CT molecular complexity index is 1690. The number of carbonyl (C=O) groups is 2. The zero-order chi connectivity index (χ0) is 28.2. The van der Waals surface area contributed by atoms with Gasteiger partial charge in [0.1, 0.15) is 11.6 Å². The second-order valence-corrected chi connectivity index (χ2v) is 10.1. The summed E-state index contributed by atoms with van der Waals surface area (Å²) >= 11 is 6.69. The summed E-state index contributed by atoms with van der Waals surface area (Å²) in [5.41, 5.74) is 4.58. The number of carbonyl (C=O) groups excluding carboxylic acids is 1. The maximum Gasteiger partial charge on any atom is 0.336 e. The number of aromatic amines is 1.